The van der Waals surface area contributed by atoms with Crippen LogP contribution in [-0.2, 0) is 9.47 Å². The van der Waals surface area contributed by atoms with E-state index in [1.807, 2.05) is 13.8 Å². The molecule has 0 spiro atoms. The van der Waals surface area contributed by atoms with Crippen LogP contribution < -0.4 is 0 Å². The standard InChI is InChI=1S/C6H11FO2.C6H9FO/c1-2-4-3-5(7)6(8)9-4;1-2-6-3-5(7)4-8-6/h4-6,8H,2-3H2,1H3;4,6H,2-3H2,1H3/t4-,5?,6-;6-/m11/s1. The first-order valence-electron chi connectivity index (χ1n) is 6.04. The summed E-state index contributed by atoms with van der Waals surface area (Å²) in [5.41, 5.74) is 0. The summed E-state index contributed by atoms with van der Waals surface area (Å²) in [4.78, 5) is 0. The third kappa shape index (κ3) is 4.60. The molecule has 100 valence electrons. The van der Waals surface area contributed by atoms with Gasteiger partial charge in [-0.05, 0) is 12.8 Å². The van der Waals surface area contributed by atoms with Crippen LogP contribution in [0.25, 0.3) is 0 Å². The highest BCUT2D eigenvalue weighted by Crippen LogP contribution is 2.23. The van der Waals surface area contributed by atoms with Crippen LogP contribution in [0.15, 0.2) is 12.1 Å². The fourth-order valence-corrected chi connectivity index (χ4v) is 1.69. The van der Waals surface area contributed by atoms with E-state index in [2.05, 4.69) is 0 Å². The SMILES string of the molecule is CC[C@@H]1CC(F)=CO1.CC[C@@H]1CC(F)[C@H](O)O1. The summed E-state index contributed by atoms with van der Waals surface area (Å²) in [6.07, 6.45) is 1.37. The fourth-order valence-electron chi connectivity index (χ4n) is 1.69. The lowest BCUT2D eigenvalue weighted by atomic mass is 10.2. The number of ether oxygens (including phenoxy) is 2. The van der Waals surface area contributed by atoms with E-state index in [-0.39, 0.29) is 18.0 Å². The molecule has 1 unspecified atom stereocenters. The quantitative estimate of drug-likeness (QED) is 0.819. The molecular weight excluding hydrogens is 230 g/mol. The molecule has 0 bridgehead atoms. The van der Waals surface area contributed by atoms with Crippen molar-refractivity contribution in [3.05, 3.63) is 12.1 Å². The van der Waals surface area contributed by atoms with Gasteiger partial charge in [0.1, 0.15) is 18.2 Å². The highest BCUT2D eigenvalue weighted by Gasteiger charge is 2.32. The Labute approximate surface area is 100 Å². The second kappa shape index (κ2) is 6.91. The van der Waals surface area contributed by atoms with Gasteiger partial charge in [-0.15, -0.1) is 0 Å². The Kier molecular flexibility index (Phi) is 5.85. The predicted molar refractivity (Wildman–Crippen MR) is 59.7 cm³/mol. The zero-order valence-corrected chi connectivity index (χ0v) is 10.2. The number of halogens is 2. The van der Waals surface area contributed by atoms with Crippen LogP contribution in [0.1, 0.15) is 39.5 Å². The summed E-state index contributed by atoms with van der Waals surface area (Å²) in [7, 11) is 0. The maximum Gasteiger partial charge on any atom is 0.186 e. The Hall–Kier alpha value is -0.680. The minimum absolute atomic E-state index is 0.0741. The zero-order chi connectivity index (χ0) is 12.8. The van der Waals surface area contributed by atoms with Crippen molar-refractivity contribution in [3.8, 4) is 0 Å². The lowest BCUT2D eigenvalue weighted by Gasteiger charge is -2.04. The van der Waals surface area contributed by atoms with Crippen LogP contribution in [-0.4, -0.2) is 29.8 Å². The second-order valence-electron chi connectivity index (χ2n) is 4.24. The molecule has 0 aromatic rings. The van der Waals surface area contributed by atoms with Crippen LogP contribution >= 0.6 is 0 Å². The van der Waals surface area contributed by atoms with Gasteiger partial charge in [0.2, 0.25) is 0 Å². The topological polar surface area (TPSA) is 38.7 Å². The summed E-state index contributed by atoms with van der Waals surface area (Å²) in [6, 6.07) is 0. The number of aliphatic hydroxyl groups is 1. The summed E-state index contributed by atoms with van der Waals surface area (Å²) in [5, 5.41) is 8.70. The molecule has 1 N–H and O–H groups in total. The first-order valence-corrected chi connectivity index (χ1v) is 6.04. The van der Waals surface area contributed by atoms with E-state index < -0.39 is 12.5 Å². The molecule has 0 radical (unpaired) electrons. The fraction of sp³-hybridized carbons (Fsp3) is 0.833. The maximum atomic E-state index is 12.4. The Bertz CT molecular complexity index is 248. The molecule has 1 fully saturated rings. The molecule has 2 rings (SSSR count). The van der Waals surface area contributed by atoms with E-state index in [0.29, 0.717) is 12.8 Å². The van der Waals surface area contributed by atoms with E-state index in [1.165, 1.54) is 6.26 Å². The Morgan fingerprint density at radius 1 is 1.35 bits per heavy atom. The van der Waals surface area contributed by atoms with Gasteiger partial charge in [0.25, 0.3) is 0 Å². The van der Waals surface area contributed by atoms with Crippen LogP contribution in [0.2, 0.25) is 0 Å². The van der Waals surface area contributed by atoms with Gasteiger partial charge in [-0.2, -0.15) is 0 Å². The highest BCUT2D eigenvalue weighted by molar-refractivity contribution is 4.94. The molecule has 2 aliphatic rings. The van der Waals surface area contributed by atoms with E-state index in [0.717, 1.165) is 12.8 Å². The maximum absolute atomic E-state index is 12.4. The van der Waals surface area contributed by atoms with Crippen molar-refractivity contribution in [2.45, 2.75) is 64.2 Å². The third-order valence-electron chi connectivity index (χ3n) is 2.85. The van der Waals surface area contributed by atoms with Gasteiger partial charge in [-0.3, -0.25) is 0 Å². The minimum atomic E-state index is -1.17. The Morgan fingerprint density at radius 3 is 2.24 bits per heavy atom. The highest BCUT2D eigenvalue weighted by atomic mass is 19.1. The minimum Gasteiger partial charge on any atom is -0.495 e. The monoisotopic (exact) mass is 250 g/mol. The van der Waals surface area contributed by atoms with Gasteiger partial charge in [-0.25, -0.2) is 8.78 Å². The average molecular weight is 250 g/mol. The smallest absolute Gasteiger partial charge is 0.186 e. The van der Waals surface area contributed by atoms with Gasteiger partial charge in [-0.1, -0.05) is 13.8 Å². The Balaban J connectivity index is 0.000000171. The Morgan fingerprint density at radius 2 is 2.00 bits per heavy atom. The summed E-state index contributed by atoms with van der Waals surface area (Å²) < 4.78 is 34.2. The molecule has 0 amide bonds. The van der Waals surface area contributed by atoms with Crippen molar-refractivity contribution in [3.63, 3.8) is 0 Å². The largest absolute Gasteiger partial charge is 0.495 e. The average Bonchev–Trinajstić information content (AvgIpc) is 2.87. The van der Waals surface area contributed by atoms with E-state index in [1.54, 1.807) is 0 Å². The molecular formula is C12H20F2O3. The zero-order valence-electron chi connectivity index (χ0n) is 10.2. The van der Waals surface area contributed by atoms with E-state index >= 15 is 0 Å². The van der Waals surface area contributed by atoms with Crippen LogP contribution in [0.3, 0.4) is 0 Å². The molecule has 0 saturated carbocycles. The van der Waals surface area contributed by atoms with Gasteiger partial charge < -0.3 is 14.6 Å². The van der Waals surface area contributed by atoms with Crippen molar-refractivity contribution < 1.29 is 23.4 Å². The van der Waals surface area contributed by atoms with Crippen LogP contribution in [0, 0.1) is 0 Å². The lowest BCUT2D eigenvalue weighted by molar-refractivity contribution is -0.112. The van der Waals surface area contributed by atoms with Gasteiger partial charge in [0.05, 0.1) is 6.10 Å². The van der Waals surface area contributed by atoms with Gasteiger partial charge >= 0.3 is 0 Å². The van der Waals surface area contributed by atoms with Crippen molar-refractivity contribution in [2.75, 3.05) is 0 Å². The molecule has 0 aliphatic carbocycles. The molecule has 0 aromatic heterocycles. The van der Waals surface area contributed by atoms with Gasteiger partial charge in [0.15, 0.2) is 12.5 Å². The second-order valence-corrected chi connectivity index (χ2v) is 4.24. The summed E-state index contributed by atoms with van der Waals surface area (Å²) in [5.74, 6) is -0.128. The molecule has 0 aromatic carbocycles. The first kappa shape index (κ1) is 14.4. The van der Waals surface area contributed by atoms with E-state index in [4.69, 9.17) is 14.6 Å². The molecule has 17 heavy (non-hydrogen) atoms. The number of aliphatic hydroxyl groups excluding tert-OH is 1. The number of hydrogen-bond donors (Lipinski definition) is 1. The molecule has 4 atom stereocenters. The number of alkyl halides is 1. The third-order valence-corrected chi connectivity index (χ3v) is 2.85. The lowest BCUT2D eigenvalue weighted by Crippen LogP contribution is -2.15. The molecule has 5 heteroatoms. The normalized spacial score (nSPS) is 35.9. The van der Waals surface area contributed by atoms with Gasteiger partial charge in [0, 0.05) is 12.8 Å². The number of hydrogen-bond acceptors (Lipinski definition) is 3. The van der Waals surface area contributed by atoms with Crippen LogP contribution in [0.4, 0.5) is 8.78 Å². The van der Waals surface area contributed by atoms with Crippen molar-refractivity contribution in [1.82, 2.24) is 0 Å². The predicted octanol–water partition coefficient (Wildman–Crippen LogP) is 2.84. The molecule has 2 heterocycles. The number of rotatable bonds is 2. The van der Waals surface area contributed by atoms with E-state index in [9.17, 15) is 8.78 Å². The molecule has 2 aliphatic heterocycles. The van der Waals surface area contributed by atoms with Crippen molar-refractivity contribution in [1.29, 1.82) is 0 Å². The molecule has 1 saturated heterocycles. The summed E-state index contributed by atoms with van der Waals surface area (Å²) >= 11 is 0. The summed E-state index contributed by atoms with van der Waals surface area (Å²) in [6.45, 7) is 3.90. The van der Waals surface area contributed by atoms with Crippen molar-refractivity contribution in [2.24, 2.45) is 0 Å². The molecule has 3 nitrogen and oxygen atoms in total. The van der Waals surface area contributed by atoms with Crippen LogP contribution in [0.5, 0.6) is 0 Å². The first-order chi connectivity index (χ1) is 8.06. The van der Waals surface area contributed by atoms with Crippen molar-refractivity contribution >= 4 is 0 Å².